The van der Waals surface area contributed by atoms with Crippen LogP contribution >= 0.6 is 0 Å². The number of ether oxygens (including phenoxy) is 2. The van der Waals surface area contributed by atoms with Crippen molar-refractivity contribution in [1.82, 2.24) is 25.6 Å². The summed E-state index contributed by atoms with van der Waals surface area (Å²) < 4.78 is 12.0. The van der Waals surface area contributed by atoms with Crippen LogP contribution in [0.3, 0.4) is 0 Å². The number of rotatable bonds is 7. The van der Waals surface area contributed by atoms with Crippen LogP contribution in [0.5, 0.6) is 5.75 Å². The number of pyridine rings is 1. The van der Waals surface area contributed by atoms with Crippen LogP contribution in [0.25, 0.3) is 22.3 Å². The van der Waals surface area contributed by atoms with Gasteiger partial charge < -0.3 is 9.47 Å². The highest BCUT2D eigenvalue weighted by Crippen LogP contribution is 2.26. The van der Waals surface area contributed by atoms with Gasteiger partial charge in [-0.05, 0) is 44.2 Å². The highest BCUT2D eigenvalue weighted by Gasteiger charge is 2.20. The summed E-state index contributed by atoms with van der Waals surface area (Å²) >= 11 is 0. The number of benzene rings is 2. The normalized spacial score (nSPS) is 10.8. The Morgan fingerprint density at radius 3 is 2.39 bits per heavy atom. The van der Waals surface area contributed by atoms with Gasteiger partial charge >= 0.3 is 5.97 Å². The summed E-state index contributed by atoms with van der Waals surface area (Å²) in [6, 6.07) is 17.4. The number of hydrogen-bond acceptors (Lipinski definition) is 7. The van der Waals surface area contributed by atoms with Crippen molar-refractivity contribution >= 4 is 28.8 Å². The van der Waals surface area contributed by atoms with Gasteiger partial charge in [-0.1, -0.05) is 30.3 Å². The Morgan fingerprint density at radius 2 is 1.72 bits per heavy atom. The van der Waals surface area contributed by atoms with Crippen molar-refractivity contribution in [3.63, 3.8) is 0 Å². The quantitative estimate of drug-likeness (QED) is 0.303. The lowest BCUT2D eigenvalue weighted by Crippen LogP contribution is -2.43. The van der Waals surface area contributed by atoms with E-state index in [4.69, 9.17) is 14.5 Å². The number of methoxy groups -OCH3 is 1. The van der Waals surface area contributed by atoms with E-state index in [0.29, 0.717) is 28.0 Å². The Labute approximate surface area is 207 Å². The SMILES string of the molecule is COc1ccc(C(=O)NNC(=O)COC(=O)c2cc(-c3ccccc3)nc3c2cnn3C(C)C)cc1. The van der Waals surface area contributed by atoms with Gasteiger partial charge in [0.15, 0.2) is 12.3 Å². The van der Waals surface area contributed by atoms with Gasteiger partial charge in [0.05, 0.1) is 30.0 Å². The third-order valence-corrected chi connectivity index (χ3v) is 5.35. The molecule has 0 saturated heterocycles. The molecular formula is C26H25N5O5. The summed E-state index contributed by atoms with van der Waals surface area (Å²) in [5, 5.41) is 4.88. The minimum atomic E-state index is -0.709. The third-order valence-electron chi connectivity index (χ3n) is 5.35. The average Bonchev–Trinajstić information content (AvgIpc) is 3.35. The molecule has 2 amide bonds. The fraction of sp³-hybridized carbons (Fsp3) is 0.192. The minimum Gasteiger partial charge on any atom is -0.497 e. The van der Waals surface area contributed by atoms with E-state index in [9.17, 15) is 14.4 Å². The highest BCUT2D eigenvalue weighted by molar-refractivity contribution is 6.04. The summed E-state index contributed by atoms with van der Waals surface area (Å²) in [4.78, 5) is 42.1. The fourth-order valence-corrected chi connectivity index (χ4v) is 3.51. The van der Waals surface area contributed by atoms with Crippen LogP contribution in [0.1, 0.15) is 40.6 Å². The molecule has 0 unspecified atom stereocenters. The van der Waals surface area contributed by atoms with Crippen molar-refractivity contribution in [1.29, 1.82) is 0 Å². The number of esters is 1. The largest absolute Gasteiger partial charge is 0.497 e. The zero-order valence-corrected chi connectivity index (χ0v) is 20.0. The van der Waals surface area contributed by atoms with Gasteiger partial charge in [-0.15, -0.1) is 0 Å². The molecule has 2 aromatic carbocycles. The number of nitrogens with zero attached hydrogens (tertiary/aromatic N) is 3. The van der Waals surface area contributed by atoms with E-state index in [-0.39, 0.29) is 11.6 Å². The van der Waals surface area contributed by atoms with Gasteiger partial charge in [-0.2, -0.15) is 5.10 Å². The van der Waals surface area contributed by atoms with Crippen LogP contribution < -0.4 is 15.6 Å². The van der Waals surface area contributed by atoms with Crippen LogP contribution in [0.15, 0.2) is 66.9 Å². The number of hydrogen-bond donors (Lipinski definition) is 2. The summed E-state index contributed by atoms with van der Waals surface area (Å²) in [5.41, 5.74) is 7.01. The summed E-state index contributed by atoms with van der Waals surface area (Å²) in [6.07, 6.45) is 1.56. The monoisotopic (exact) mass is 487 g/mol. The molecule has 0 radical (unpaired) electrons. The standard InChI is InChI=1S/C26H25N5O5/c1-16(2)31-24-21(14-27-31)20(13-22(28-24)17-7-5-4-6-8-17)26(34)36-15-23(32)29-30-25(33)18-9-11-19(35-3)12-10-18/h4-14,16H,15H2,1-3H3,(H,29,32)(H,30,33). The maximum absolute atomic E-state index is 13.0. The van der Waals surface area contributed by atoms with E-state index >= 15 is 0 Å². The first-order valence-corrected chi connectivity index (χ1v) is 11.2. The lowest BCUT2D eigenvalue weighted by molar-refractivity contribution is -0.125. The van der Waals surface area contributed by atoms with E-state index in [1.807, 2.05) is 44.2 Å². The van der Waals surface area contributed by atoms with Gasteiger partial charge in [0.25, 0.3) is 11.8 Å². The Kier molecular flexibility index (Phi) is 7.24. The molecule has 0 saturated carbocycles. The Morgan fingerprint density at radius 1 is 1.00 bits per heavy atom. The molecule has 0 spiro atoms. The predicted octanol–water partition coefficient (Wildman–Crippen LogP) is 3.31. The van der Waals surface area contributed by atoms with E-state index in [2.05, 4.69) is 16.0 Å². The Hall–Kier alpha value is -4.73. The number of aromatic nitrogens is 3. The van der Waals surface area contributed by atoms with Crippen molar-refractivity contribution < 1.29 is 23.9 Å². The third kappa shape index (κ3) is 5.33. The van der Waals surface area contributed by atoms with Crippen molar-refractivity contribution in [3.8, 4) is 17.0 Å². The maximum atomic E-state index is 13.0. The molecule has 2 heterocycles. The molecule has 0 aliphatic heterocycles. The molecule has 2 N–H and O–H groups in total. The number of amides is 2. The smallest absolute Gasteiger partial charge is 0.339 e. The Balaban J connectivity index is 1.46. The van der Waals surface area contributed by atoms with Crippen molar-refractivity contribution in [2.75, 3.05) is 13.7 Å². The van der Waals surface area contributed by atoms with Crippen LogP contribution in [0.2, 0.25) is 0 Å². The average molecular weight is 488 g/mol. The molecule has 0 atom stereocenters. The summed E-state index contributed by atoms with van der Waals surface area (Å²) in [5.74, 6) is -1.33. The molecule has 0 aliphatic rings. The second-order valence-electron chi connectivity index (χ2n) is 8.15. The van der Waals surface area contributed by atoms with Crippen LogP contribution in [-0.4, -0.2) is 46.3 Å². The van der Waals surface area contributed by atoms with Crippen molar-refractivity contribution in [3.05, 3.63) is 78.0 Å². The van der Waals surface area contributed by atoms with E-state index in [0.717, 1.165) is 5.56 Å². The van der Waals surface area contributed by atoms with Gasteiger partial charge in [0.2, 0.25) is 0 Å². The van der Waals surface area contributed by atoms with Crippen molar-refractivity contribution in [2.45, 2.75) is 19.9 Å². The number of carbonyl (C=O) groups is 3. The van der Waals surface area contributed by atoms with Gasteiger partial charge in [0, 0.05) is 17.2 Å². The maximum Gasteiger partial charge on any atom is 0.339 e. The van der Waals surface area contributed by atoms with Gasteiger partial charge in [0.1, 0.15) is 5.75 Å². The van der Waals surface area contributed by atoms with E-state index in [1.54, 1.807) is 41.2 Å². The molecule has 36 heavy (non-hydrogen) atoms. The number of fused-ring (bicyclic) bond motifs is 1. The topological polar surface area (TPSA) is 124 Å². The highest BCUT2D eigenvalue weighted by atomic mass is 16.5. The van der Waals surface area contributed by atoms with Gasteiger partial charge in [-0.3, -0.25) is 20.4 Å². The Bertz CT molecular complexity index is 1400. The van der Waals surface area contributed by atoms with Crippen molar-refractivity contribution in [2.24, 2.45) is 0 Å². The first kappa shape index (κ1) is 24.4. The van der Waals surface area contributed by atoms with Crippen LogP contribution in [0.4, 0.5) is 0 Å². The zero-order valence-electron chi connectivity index (χ0n) is 20.0. The second kappa shape index (κ2) is 10.7. The lowest BCUT2D eigenvalue weighted by Gasteiger charge is -2.11. The minimum absolute atomic E-state index is 0.0185. The van der Waals surface area contributed by atoms with Crippen LogP contribution in [-0.2, 0) is 9.53 Å². The molecule has 0 fully saturated rings. The predicted molar refractivity (Wildman–Crippen MR) is 132 cm³/mol. The zero-order chi connectivity index (χ0) is 25.7. The first-order valence-electron chi connectivity index (χ1n) is 11.2. The molecular weight excluding hydrogens is 462 g/mol. The second-order valence-corrected chi connectivity index (χ2v) is 8.15. The summed E-state index contributed by atoms with van der Waals surface area (Å²) in [6.45, 7) is 3.34. The molecule has 0 bridgehead atoms. The fourth-order valence-electron chi connectivity index (χ4n) is 3.51. The molecule has 2 aromatic heterocycles. The number of hydrazine groups is 1. The van der Waals surface area contributed by atoms with E-state index in [1.165, 1.54) is 7.11 Å². The van der Waals surface area contributed by atoms with Crippen LogP contribution in [0, 0.1) is 0 Å². The molecule has 4 rings (SSSR count). The molecule has 4 aromatic rings. The lowest BCUT2D eigenvalue weighted by atomic mass is 10.1. The van der Waals surface area contributed by atoms with Gasteiger partial charge in [-0.25, -0.2) is 14.5 Å². The first-order chi connectivity index (χ1) is 17.4. The molecule has 184 valence electrons. The molecule has 0 aliphatic carbocycles. The number of carbonyl (C=O) groups excluding carboxylic acids is 3. The van der Waals surface area contributed by atoms with E-state index < -0.39 is 24.4 Å². The molecule has 10 nitrogen and oxygen atoms in total. The summed E-state index contributed by atoms with van der Waals surface area (Å²) in [7, 11) is 1.52. The number of nitrogens with one attached hydrogen (secondary N) is 2. The molecule has 10 heteroatoms.